The van der Waals surface area contributed by atoms with Crippen LogP contribution in [-0.4, -0.2) is 35.7 Å². The van der Waals surface area contributed by atoms with Crippen molar-refractivity contribution in [2.75, 3.05) is 13.2 Å². The van der Waals surface area contributed by atoms with Crippen LogP contribution >= 0.6 is 11.8 Å². The fourth-order valence-electron chi connectivity index (χ4n) is 2.47. The molecule has 3 atom stereocenters. The third-order valence-corrected chi connectivity index (χ3v) is 5.30. The number of hydrogen-bond acceptors (Lipinski definition) is 4. The zero-order chi connectivity index (χ0) is 12.5. The van der Waals surface area contributed by atoms with Crippen molar-refractivity contribution in [1.82, 2.24) is 5.32 Å². The lowest BCUT2D eigenvalue weighted by Crippen LogP contribution is -2.61. The number of thioether (sulfide) groups is 1. The molecule has 0 aromatic carbocycles. The van der Waals surface area contributed by atoms with E-state index in [4.69, 9.17) is 4.74 Å². The highest BCUT2D eigenvalue weighted by Gasteiger charge is 2.49. The van der Waals surface area contributed by atoms with Gasteiger partial charge in [-0.15, -0.1) is 0 Å². The van der Waals surface area contributed by atoms with Crippen LogP contribution in [0.2, 0.25) is 0 Å². The summed E-state index contributed by atoms with van der Waals surface area (Å²) in [5.74, 6) is 0. The third kappa shape index (κ3) is 2.63. The minimum absolute atomic E-state index is 0.226. The van der Waals surface area contributed by atoms with Crippen LogP contribution < -0.4 is 5.32 Å². The summed E-state index contributed by atoms with van der Waals surface area (Å²) in [5, 5.41) is 5.42. The maximum absolute atomic E-state index is 5.74. The van der Waals surface area contributed by atoms with Crippen molar-refractivity contribution in [3.8, 4) is 0 Å². The molecule has 3 nitrogen and oxygen atoms in total. The summed E-state index contributed by atoms with van der Waals surface area (Å²) in [6.45, 7) is 10.7. The minimum atomic E-state index is 0.226. The Balaban J connectivity index is 1.82. The van der Waals surface area contributed by atoms with Crippen LogP contribution in [0.25, 0.3) is 0 Å². The molecule has 0 spiro atoms. The Morgan fingerprint density at radius 2 is 2.24 bits per heavy atom. The van der Waals surface area contributed by atoms with Gasteiger partial charge in [-0.25, -0.2) is 0 Å². The van der Waals surface area contributed by atoms with Gasteiger partial charge in [0.05, 0.1) is 12.6 Å². The fraction of sp³-hybridized carbons (Fsp3) is 0.923. The van der Waals surface area contributed by atoms with Gasteiger partial charge in [0.2, 0.25) is 0 Å². The van der Waals surface area contributed by atoms with Gasteiger partial charge in [-0.2, -0.15) is 0 Å². The summed E-state index contributed by atoms with van der Waals surface area (Å²) in [6, 6.07) is 0.515. The van der Waals surface area contributed by atoms with E-state index in [0.717, 1.165) is 24.7 Å². The van der Waals surface area contributed by atoms with Crippen molar-refractivity contribution in [3.05, 3.63) is 0 Å². The lowest BCUT2D eigenvalue weighted by atomic mass is 9.64. The highest BCUT2D eigenvalue weighted by atomic mass is 32.2. The lowest BCUT2D eigenvalue weighted by molar-refractivity contribution is -0.109. The molecular formula is C13H24N2OS. The predicted molar refractivity (Wildman–Crippen MR) is 74.7 cm³/mol. The number of ether oxygens (including phenoxy) is 1. The van der Waals surface area contributed by atoms with Crippen molar-refractivity contribution in [2.24, 2.45) is 10.4 Å². The van der Waals surface area contributed by atoms with Crippen LogP contribution in [0.1, 0.15) is 40.5 Å². The van der Waals surface area contributed by atoms with E-state index in [1.165, 1.54) is 6.42 Å². The summed E-state index contributed by atoms with van der Waals surface area (Å²) in [7, 11) is 0. The molecule has 98 valence electrons. The average molecular weight is 256 g/mol. The summed E-state index contributed by atoms with van der Waals surface area (Å²) >= 11 is 1.90. The topological polar surface area (TPSA) is 33.6 Å². The molecule has 17 heavy (non-hydrogen) atoms. The Morgan fingerprint density at radius 3 is 2.76 bits per heavy atom. The van der Waals surface area contributed by atoms with Gasteiger partial charge in [-0.3, -0.25) is 4.99 Å². The molecule has 1 fully saturated rings. The van der Waals surface area contributed by atoms with Crippen LogP contribution in [0.15, 0.2) is 4.99 Å². The normalized spacial score (nSPS) is 35.3. The summed E-state index contributed by atoms with van der Waals surface area (Å²) in [4.78, 5) is 4.57. The van der Waals surface area contributed by atoms with Crippen LogP contribution in [0.5, 0.6) is 0 Å². The quantitative estimate of drug-likeness (QED) is 0.839. The van der Waals surface area contributed by atoms with Crippen molar-refractivity contribution >= 4 is 16.9 Å². The molecule has 0 aromatic heterocycles. The third-order valence-electron chi connectivity index (χ3n) is 4.02. The molecule has 0 saturated heterocycles. The van der Waals surface area contributed by atoms with E-state index in [9.17, 15) is 0 Å². The Bertz CT molecular complexity index is 304. The fourth-order valence-corrected chi connectivity index (χ4v) is 3.46. The van der Waals surface area contributed by atoms with Gasteiger partial charge in [-0.05, 0) is 19.8 Å². The Morgan fingerprint density at radius 1 is 1.47 bits per heavy atom. The standard InChI is InChI=1S/C13H24N2OS/c1-5-9-8-14-12(17-9)15-10-7-11(16-6-2)13(10,3)4/h9-11H,5-8H2,1-4H3,(H,14,15). The molecule has 2 aliphatic rings. The molecule has 0 bridgehead atoms. The van der Waals surface area contributed by atoms with Crippen molar-refractivity contribution in [1.29, 1.82) is 0 Å². The molecular weight excluding hydrogens is 232 g/mol. The van der Waals surface area contributed by atoms with Gasteiger partial charge in [0, 0.05) is 23.3 Å². The number of nitrogens with zero attached hydrogens (tertiary/aromatic N) is 1. The van der Waals surface area contributed by atoms with E-state index in [1.807, 2.05) is 11.8 Å². The zero-order valence-electron chi connectivity index (χ0n) is 11.3. The van der Waals surface area contributed by atoms with Gasteiger partial charge < -0.3 is 10.1 Å². The zero-order valence-corrected chi connectivity index (χ0v) is 12.1. The van der Waals surface area contributed by atoms with E-state index >= 15 is 0 Å². The molecule has 1 saturated carbocycles. The highest BCUT2D eigenvalue weighted by molar-refractivity contribution is 8.14. The van der Waals surface area contributed by atoms with Gasteiger partial charge in [0.15, 0.2) is 5.17 Å². The molecule has 2 rings (SSSR count). The minimum Gasteiger partial charge on any atom is -0.378 e. The Hall–Kier alpha value is -0.220. The van der Waals surface area contributed by atoms with Crippen LogP contribution in [0.4, 0.5) is 0 Å². The first-order valence-corrected chi connectivity index (χ1v) is 7.55. The first-order valence-electron chi connectivity index (χ1n) is 6.67. The molecule has 0 radical (unpaired) electrons. The average Bonchev–Trinajstić information content (AvgIpc) is 2.75. The lowest BCUT2D eigenvalue weighted by Gasteiger charge is -2.51. The number of aliphatic imine (C=N–C) groups is 1. The van der Waals surface area contributed by atoms with E-state index < -0.39 is 0 Å². The molecule has 0 aromatic rings. The van der Waals surface area contributed by atoms with Gasteiger partial charge in [0.1, 0.15) is 0 Å². The Kier molecular flexibility index (Phi) is 4.03. The second-order valence-electron chi connectivity index (χ2n) is 5.49. The first-order chi connectivity index (χ1) is 8.07. The first kappa shape index (κ1) is 13.2. The number of rotatable bonds is 4. The highest BCUT2D eigenvalue weighted by Crippen LogP contribution is 2.43. The van der Waals surface area contributed by atoms with E-state index in [-0.39, 0.29) is 5.41 Å². The SMILES string of the molecule is CCOC1CC(NC2=NCC(CC)S2)C1(C)C. The molecule has 1 heterocycles. The second-order valence-corrected chi connectivity index (χ2v) is 6.78. The van der Waals surface area contributed by atoms with Crippen LogP contribution in [0.3, 0.4) is 0 Å². The number of nitrogens with one attached hydrogen (secondary N) is 1. The van der Waals surface area contributed by atoms with Gasteiger partial charge >= 0.3 is 0 Å². The smallest absolute Gasteiger partial charge is 0.157 e. The molecule has 1 N–H and O–H groups in total. The van der Waals surface area contributed by atoms with E-state index in [0.29, 0.717) is 17.4 Å². The van der Waals surface area contributed by atoms with Gasteiger partial charge in [0.25, 0.3) is 0 Å². The maximum atomic E-state index is 5.74. The summed E-state index contributed by atoms with van der Waals surface area (Å²) < 4.78 is 5.74. The molecule has 1 aliphatic heterocycles. The van der Waals surface area contributed by atoms with Crippen molar-refractivity contribution < 1.29 is 4.74 Å². The maximum Gasteiger partial charge on any atom is 0.157 e. The second kappa shape index (κ2) is 5.19. The van der Waals surface area contributed by atoms with E-state index in [2.05, 4.69) is 38.0 Å². The number of hydrogen-bond donors (Lipinski definition) is 1. The monoisotopic (exact) mass is 256 g/mol. The summed E-state index contributed by atoms with van der Waals surface area (Å²) in [5.41, 5.74) is 0.226. The summed E-state index contributed by atoms with van der Waals surface area (Å²) in [6.07, 6.45) is 2.71. The molecule has 0 amide bonds. The van der Waals surface area contributed by atoms with Gasteiger partial charge in [-0.1, -0.05) is 32.5 Å². The van der Waals surface area contributed by atoms with Crippen molar-refractivity contribution in [2.45, 2.75) is 57.9 Å². The van der Waals surface area contributed by atoms with Crippen LogP contribution in [-0.2, 0) is 4.74 Å². The van der Waals surface area contributed by atoms with E-state index in [1.54, 1.807) is 0 Å². The van der Waals surface area contributed by atoms with Crippen molar-refractivity contribution in [3.63, 3.8) is 0 Å². The number of amidine groups is 1. The molecule has 1 aliphatic carbocycles. The Labute approximate surface area is 109 Å². The van der Waals surface area contributed by atoms with Crippen LogP contribution in [0, 0.1) is 5.41 Å². The predicted octanol–water partition coefficient (Wildman–Crippen LogP) is 2.66. The largest absolute Gasteiger partial charge is 0.378 e. The molecule has 3 unspecified atom stereocenters. The molecule has 4 heteroatoms.